The first-order valence-electron chi connectivity index (χ1n) is 11.0. The molecule has 0 saturated heterocycles. The van der Waals surface area contributed by atoms with Crippen LogP contribution in [0.25, 0.3) is 10.8 Å². The van der Waals surface area contributed by atoms with Crippen LogP contribution in [0.2, 0.25) is 0 Å². The van der Waals surface area contributed by atoms with E-state index in [2.05, 4.69) is 11.8 Å². The number of fused-ring (bicyclic) bond motifs is 1. The van der Waals surface area contributed by atoms with Crippen molar-refractivity contribution in [2.45, 2.75) is 32.6 Å². The van der Waals surface area contributed by atoms with Gasteiger partial charge in [-0.1, -0.05) is 37.3 Å². The number of aryl methyl sites for hydroxylation is 2. The van der Waals surface area contributed by atoms with Crippen molar-refractivity contribution in [2.24, 2.45) is 0 Å². The molecule has 0 amide bonds. The second-order valence-electron chi connectivity index (χ2n) is 8.18. The number of rotatable bonds is 5. The third-order valence-electron chi connectivity index (χ3n) is 5.66. The quantitative estimate of drug-likeness (QED) is 0.210. The fourth-order valence-electron chi connectivity index (χ4n) is 3.87. The van der Waals surface area contributed by atoms with Crippen molar-refractivity contribution in [3.05, 3.63) is 118 Å². The molecule has 4 aromatic carbocycles. The van der Waals surface area contributed by atoms with Crippen LogP contribution >= 0.6 is 0 Å². The van der Waals surface area contributed by atoms with Gasteiger partial charge >= 0.3 is 0 Å². The van der Waals surface area contributed by atoms with Crippen molar-refractivity contribution in [2.75, 3.05) is 0 Å². The van der Waals surface area contributed by atoms with Gasteiger partial charge < -0.3 is 0 Å². The van der Waals surface area contributed by atoms with E-state index in [-0.39, 0.29) is 24.0 Å². The Labute approximate surface area is 195 Å². The summed E-state index contributed by atoms with van der Waals surface area (Å²) in [6.07, 6.45) is 1.80. The highest BCUT2D eigenvalue weighted by Gasteiger charge is 2.12. The Morgan fingerprint density at radius 3 is 1.91 bits per heavy atom. The summed E-state index contributed by atoms with van der Waals surface area (Å²) in [4.78, 5) is 0. The molecule has 0 radical (unpaired) electrons. The standard InChI is InChI=1S/C29H21F5/c1-2-3-20-14-26(31)24(27(32)15-20)11-7-19-5-9-21(25(30)13-19)8-4-18-6-10-22-16-28(33)29(34)17-23(22)12-18/h5-6,9-10,12-17H,2-3,7,11H2,1H3. The van der Waals surface area contributed by atoms with Gasteiger partial charge in [-0.25, -0.2) is 22.0 Å². The summed E-state index contributed by atoms with van der Waals surface area (Å²) in [7, 11) is 0. The van der Waals surface area contributed by atoms with Gasteiger partial charge in [0.15, 0.2) is 11.6 Å². The number of halogens is 5. The van der Waals surface area contributed by atoms with E-state index >= 15 is 0 Å². The molecule has 0 spiro atoms. The molecule has 4 aromatic rings. The van der Waals surface area contributed by atoms with Crippen molar-refractivity contribution in [3.8, 4) is 11.8 Å². The fourth-order valence-corrected chi connectivity index (χ4v) is 3.87. The van der Waals surface area contributed by atoms with Gasteiger partial charge in [0.2, 0.25) is 0 Å². The maximum absolute atomic E-state index is 14.6. The monoisotopic (exact) mass is 464 g/mol. The van der Waals surface area contributed by atoms with Crippen LogP contribution in [0.3, 0.4) is 0 Å². The van der Waals surface area contributed by atoms with Crippen LogP contribution in [0.4, 0.5) is 22.0 Å². The lowest BCUT2D eigenvalue weighted by Gasteiger charge is -2.08. The van der Waals surface area contributed by atoms with Crippen molar-refractivity contribution in [1.29, 1.82) is 0 Å². The number of hydrogen-bond acceptors (Lipinski definition) is 0. The summed E-state index contributed by atoms with van der Waals surface area (Å²) in [5.74, 6) is 2.00. The summed E-state index contributed by atoms with van der Waals surface area (Å²) in [5, 5.41) is 1.02. The van der Waals surface area contributed by atoms with Crippen LogP contribution in [0.15, 0.2) is 60.7 Å². The molecule has 0 aromatic heterocycles. The largest absolute Gasteiger partial charge is 0.207 e. The second-order valence-corrected chi connectivity index (χ2v) is 8.18. The zero-order valence-electron chi connectivity index (χ0n) is 18.5. The first-order chi connectivity index (χ1) is 16.3. The molecule has 0 unspecified atom stereocenters. The zero-order valence-corrected chi connectivity index (χ0v) is 18.5. The molecular formula is C29H21F5. The van der Waals surface area contributed by atoms with Crippen LogP contribution in [-0.2, 0) is 19.3 Å². The third kappa shape index (κ3) is 5.28. The lowest BCUT2D eigenvalue weighted by atomic mass is 9.99. The summed E-state index contributed by atoms with van der Waals surface area (Å²) < 4.78 is 70.0. The third-order valence-corrected chi connectivity index (χ3v) is 5.66. The van der Waals surface area contributed by atoms with Crippen LogP contribution in [0.5, 0.6) is 0 Å². The molecule has 172 valence electrons. The minimum absolute atomic E-state index is 0.00301. The maximum Gasteiger partial charge on any atom is 0.159 e. The van der Waals surface area contributed by atoms with Crippen LogP contribution < -0.4 is 0 Å². The van der Waals surface area contributed by atoms with E-state index in [0.29, 0.717) is 33.9 Å². The Bertz CT molecular complexity index is 1400. The second kappa shape index (κ2) is 10.1. The van der Waals surface area contributed by atoms with Gasteiger partial charge in [0.05, 0.1) is 5.56 Å². The van der Waals surface area contributed by atoms with E-state index in [1.807, 2.05) is 6.92 Å². The molecule has 0 bridgehead atoms. The van der Waals surface area contributed by atoms with Gasteiger partial charge in [-0.05, 0) is 89.7 Å². The number of hydrogen-bond donors (Lipinski definition) is 0. The Morgan fingerprint density at radius 2 is 1.24 bits per heavy atom. The van der Waals surface area contributed by atoms with Gasteiger partial charge in [0.25, 0.3) is 0 Å². The molecule has 0 aliphatic carbocycles. The van der Waals surface area contributed by atoms with Crippen molar-refractivity contribution < 1.29 is 22.0 Å². The molecule has 0 aliphatic rings. The van der Waals surface area contributed by atoms with Crippen molar-refractivity contribution in [1.82, 2.24) is 0 Å². The average Bonchev–Trinajstić information content (AvgIpc) is 2.79. The average molecular weight is 464 g/mol. The minimum atomic E-state index is -0.948. The van der Waals surface area contributed by atoms with Gasteiger partial charge in [-0.15, -0.1) is 0 Å². The fraction of sp³-hybridized carbons (Fsp3) is 0.172. The smallest absolute Gasteiger partial charge is 0.159 e. The molecule has 0 nitrogen and oxygen atoms in total. The van der Waals surface area contributed by atoms with E-state index in [9.17, 15) is 22.0 Å². The Kier molecular flexibility index (Phi) is 6.98. The van der Waals surface area contributed by atoms with Gasteiger partial charge in [0, 0.05) is 11.1 Å². The highest BCUT2D eigenvalue weighted by molar-refractivity contribution is 5.84. The normalized spacial score (nSPS) is 10.9. The predicted octanol–water partition coefficient (Wildman–Crippen LogP) is 7.67. The molecule has 0 N–H and O–H groups in total. The Balaban J connectivity index is 1.49. The topological polar surface area (TPSA) is 0 Å². The van der Waals surface area contributed by atoms with Gasteiger partial charge in [-0.2, -0.15) is 0 Å². The number of benzene rings is 4. The van der Waals surface area contributed by atoms with Crippen molar-refractivity contribution in [3.63, 3.8) is 0 Å². The molecule has 5 heteroatoms. The molecule has 0 saturated carbocycles. The molecule has 0 fully saturated rings. The molecular weight excluding hydrogens is 443 g/mol. The molecule has 0 atom stereocenters. The summed E-state index contributed by atoms with van der Waals surface area (Å²) in [6, 6.07) is 14.3. The first-order valence-corrected chi connectivity index (χ1v) is 11.0. The lowest BCUT2D eigenvalue weighted by molar-refractivity contribution is 0.511. The predicted molar refractivity (Wildman–Crippen MR) is 124 cm³/mol. The summed E-state index contributed by atoms with van der Waals surface area (Å²) >= 11 is 0. The van der Waals surface area contributed by atoms with Crippen molar-refractivity contribution >= 4 is 10.8 Å². The Morgan fingerprint density at radius 1 is 0.559 bits per heavy atom. The maximum atomic E-state index is 14.6. The molecule has 0 heterocycles. The molecule has 34 heavy (non-hydrogen) atoms. The summed E-state index contributed by atoms with van der Waals surface area (Å²) in [6.45, 7) is 1.94. The van der Waals surface area contributed by atoms with Gasteiger partial charge in [-0.3, -0.25) is 0 Å². The molecule has 0 aliphatic heterocycles. The summed E-state index contributed by atoms with van der Waals surface area (Å²) in [5.41, 5.74) is 1.91. The van der Waals surface area contributed by atoms with E-state index in [1.54, 1.807) is 24.3 Å². The highest BCUT2D eigenvalue weighted by Crippen LogP contribution is 2.21. The van der Waals surface area contributed by atoms with E-state index in [4.69, 9.17) is 0 Å². The SMILES string of the molecule is CCCc1cc(F)c(CCc2ccc(C#Cc3ccc4cc(F)c(F)cc4c3)c(F)c2)c(F)c1. The first kappa shape index (κ1) is 23.5. The van der Waals surface area contributed by atoms with Crippen LogP contribution in [0, 0.1) is 40.9 Å². The zero-order chi connectivity index (χ0) is 24.2. The lowest BCUT2D eigenvalue weighted by Crippen LogP contribution is -2.01. The minimum Gasteiger partial charge on any atom is -0.207 e. The highest BCUT2D eigenvalue weighted by atomic mass is 19.2. The molecule has 4 rings (SSSR count). The van der Waals surface area contributed by atoms with Crippen LogP contribution in [0.1, 0.15) is 41.2 Å². The van der Waals surface area contributed by atoms with E-state index in [1.165, 1.54) is 24.3 Å². The Hall–Kier alpha value is -3.65. The van der Waals surface area contributed by atoms with Crippen LogP contribution in [-0.4, -0.2) is 0 Å². The van der Waals surface area contributed by atoms with E-state index in [0.717, 1.165) is 18.6 Å². The van der Waals surface area contributed by atoms with E-state index < -0.39 is 29.1 Å². The van der Waals surface area contributed by atoms with Gasteiger partial charge in [0.1, 0.15) is 17.5 Å².